The standard InChI is InChI=1S/C28H34F2N4O2S/c1-15-9-24(37-4)22(26(35)32-15)14-31-27(36)25-17(3)34(23-8-6-5-7-21(23)25)16(2)18-10-19(11-18)33-20-12-28(29,30)13-20/h5-9,16,18-20,33H,10-14H2,1-4H3,(H,31,36)(H,32,35)/t16-,18?,19?/m1/s1. The lowest BCUT2D eigenvalue weighted by Crippen LogP contribution is -2.55. The Balaban J connectivity index is 1.33. The zero-order valence-corrected chi connectivity index (χ0v) is 22.5. The minimum Gasteiger partial charge on any atom is -0.348 e. The van der Waals surface area contributed by atoms with E-state index in [0.717, 1.165) is 40.0 Å². The molecule has 37 heavy (non-hydrogen) atoms. The molecule has 5 rings (SSSR count). The monoisotopic (exact) mass is 528 g/mol. The molecule has 1 atom stereocenters. The van der Waals surface area contributed by atoms with Gasteiger partial charge >= 0.3 is 0 Å². The molecule has 0 bridgehead atoms. The molecule has 198 valence electrons. The number of pyridine rings is 1. The summed E-state index contributed by atoms with van der Waals surface area (Å²) in [6.07, 6.45) is 3.67. The number of H-pyrrole nitrogens is 1. The van der Waals surface area contributed by atoms with Crippen LogP contribution < -0.4 is 16.2 Å². The number of nitrogens with one attached hydrogen (secondary N) is 3. The van der Waals surface area contributed by atoms with Crippen molar-refractivity contribution < 1.29 is 13.6 Å². The summed E-state index contributed by atoms with van der Waals surface area (Å²) in [5, 5.41) is 7.26. The molecule has 2 fully saturated rings. The van der Waals surface area contributed by atoms with E-state index in [-0.39, 0.29) is 49.0 Å². The number of hydrogen-bond donors (Lipinski definition) is 3. The summed E-state index contributed by atoms with van der Waals surface area (Å²) >= 11 is 1.49. The van der Waals surface area contributed by atoms with Crippen molar-refractivity contribution in [3.8, 4) is 0 Å². The van der Waals surface area contributed by atoms with E-state index in [2.05, 4.69) is 27.1 Å². The van der Waals surface area contributed by atoms with Gasteiger partial charge in [-0.05, 0) is 57.9 Å². The molecule has 3 N–H and O–H groups in total. The van der Waals surface area contributed by atoms with Crippen LogP contribution >= 0.6 is 11.8 Å². The van der Waals surface area contributed by atoms with Gasteiger partial charge in [0.2, 0.25) is 0 Å². The average molecular weight is 529 g/mol. The van der Waals surface area contributed by atoms with Crippen LogP contribution in [-0.2, 0) is 6.54 Å². The quantitative estimate of drug-likeness (QED) is 0.346. The van der Waals surface area contributed by atoms with E-state index in [9.17, 15) is 18.4 Å². The lowest BCUT2D eigenvalue weighted by Gasteiger charge is -2.45. The SMILES string of the molecule is CSc1cc(C)[nH]c(=O)c1CNC(=O)c1c(C)n([C@H](C)C2CC(NC3CC(F)(F)C3)C2)c2ccccc12. The summed E-state index contributed by atoms with van der Waals surface area (Å²) in [6, 6.07) is 10.2. The van der Waals surface area contributed by atoms with Crippen molar-refractivity contribution >= 4 is 28.6 Å². The molecular weight excluding hydrogens is 494 g/mol. The third kappa shape index (κ3) is 4.95. The maximum Gasteiger partial charge on any atom is 0.254 e. The zero-order chi connectivity index (χ0) is 26.5. The molecule has 2 saturated carbocycles. The number of carbonyl (C=O) groups excluding carboxylic acids is 1. The lowest BCUT2D eigenvalue weighted by molar-refractivity contribution is -0.0981. The number of aryl methyl sites for hydroxylation is 1. The Hall–Kier alpha value is -2.65. The number of fused-ring (bicyclic) bond motifs is 1. The fourth-order valence-electron chi connectivity index (χ4n) is 6.01. The molecule has 2 aliphatic rings. The van der Waals surface area contributed by atoms with Gasteiger partial charge in [0.05, 0.1) is 5.56 Å². The second-order valence-electron chi connectivity index (χ2n) is 10.7. The fraction of sp³-hybridized carbons (Fsp3) is 0.500. The molecule has 1 aromatic carbocycles. The first kappa shape index (κ1) is 26.0. The minimum atomic E-state index is -2.50. The Morgan fingerprint density at radius 3 is 2.59 bits per heavy atom. The van der Waals surface area contributed by atoms with E-state index >= 15 is 0 Å². The van der Waals surface area contributed by atoms with Crippen LogP contribution in [-0.4, -0.2) is 39.7 Å². The fourth-order valence-corrected chi connectivity index (χ4v) is 6.72. The highest BCUT2D eigenvalue weighted by Gasteiger charge is 2.47. The van der Waals surface area contributed by atoms with Crippen molar-refractivity contribution in [2.75, 3.05) is 6.26 Å². The van der Waals surface area contributed by atoms with Crippen molar-refractivity contribution in [1.82, 2.24) is 20.2 Å². The summed E-state index contributed by atoms with van der Waals surface area (Å²) < 4.78 is 28.6. The third-order valence-corrected chi connectivity index (χ3v) is 8.89. The van der Waals surface area contributed by atoms with Gasteiger partial charge in [0.1, 0.15) is 0 Å². The number of thioether (sulfide) groups is 1. The topological polar surface area (TPSA) is 78.9 Å². The smallest absolute Gasteiger partial charge is 0.254 e. The number of para-hydroxylation sites is 1. The first-order valence-electron chi connectivity index (χ1n) is 12.9. The van der Waals surface area contributed by atoms with E-state index in [1.165, 1.54) is 11.8 Å². The van der Waals surface area contributed by atoms with E-state index in [4.69, 9.17) is 0 Å². The predicted octanol–water partition coefficient (Wildman–Crippen LogP) is 5.33. The number of benzene rings is 1. The van der Waals surface area contributed by atoms with Crippen LogP contribution in [0, 0.1) is 19.8 Å². The molecule has 0 radical (unpaired) electrons. The Labute approximate surface area is 219 Å². The third-order valence-electron chi connectivity index (χ3n) is 8.08. The van der Waals surface area contributed by atoms with Crippen LogP contribution in [0.2, 0.25) is 0 Å². The second-order valence-corrected chi connectivity index (χ2v) is 11.5. The summed E-state index contributed by atoms with van der Waals surface area (Å²) in [5.74, 6) is -2.31. The van der Waals surface area contributed by atoms with Gasteiger partial charge in [0.25, 0.3) is 17.4 Å². The number of aromatic amines is 1. The molecule has 3 aromatic rings. The van der Waals surface area contributed by atoms with Crippen molar-refractivity contribution in [1.29, 1.82) is 0 Å². The molecule has 9 heteroatoms. The molecule has 2 aromatic heterocycles. The van der Waals surface area contributed by atoms with Crippen molar-refractivity contribution in [2.24, 2.45) is 5.92 Å². The van der Waals surface area contributed by atoms with E-state index in [1.807, 2.05) is 50.4 Å². The van der Waals surface area contributed by atoms with Crippen LogP contribution in [0.3, 0.4) is 0 Å². The molecule has 2 aliphatic carbocycles. The normalized spacial score (nSPS) is 21.9. The average Bonchev–Trinajstić information content (AvgIpc) is 3.09. The second kappa shape index (κ2) is 9.91. The number of carbonyl (C=O) groups is 1. The molecule has 0 aliphatic heterocycles. The van der Waals surface area contributed by atoms with Gasteiger partial charge in [-0.1, -0.05) is 18.2 Å². The van der Waals surface area contributed by atoms with Crippen LogP contribution in [0.25, 0.3) is 10.9 Å². The molecule has 1 amide bonds. The van der Waals surface area contributed by atoms with E-state index < -0.39 is 5.92 Å². The predicted molar refractivity (Wildman–Crippen MR) is 144 cm³/mol. The number of aromatic nitrogens is 2. The van der Waals surface area contributed by atoms with Gasteiger partial charge in [0, 0.05) is 70.3 Å². The van der Waals surface area contributed by atoms with Gasteiger partial charge in [0.15, 0.2) is 0 Å². The molecule has 6 nitrogen and oxygen atoms in total. The van der Waals surface area contributed by atoms with E-state index in [1.54, 1.807) is 0 Å². The van der Waals surface area contributed by atoms with Gasteiger partial charge in [-0.15, -0.1) is 11.8 Å². The summed E-state index contributed by atoms with van der Waals surface area (Å²) in [7, 11) is 0. The number of halogens is 2. The number of alkyl halides is 2. The van der Waals surface area contributed by atoms with E-state index in [0.29, 0.717) is 17.0 Å². The largest absolute Gasteiger partial charge is 0.348 e. The summed E-state index contributed by atoms with van der Waals surface area (Å²) in [6.45, 7) is 6.14. The van der Waals surface area contributed by atoms with Gasteiger partial charge in [-0.2, -0.15) is 0 Å². The van der Waals surface area contributed by atoms with Gasteiger partial charge in [-0.25, -0.2) is 8.78 Å². The van der Waals surface area contributed by atoms with Crippen LogP contribution in [0.15, 0.2) is 40.0 Å². The maximum absolute atomic E-state index is 13.5. The molecule has 0 unspecified atom stereocenters. The number of hydrogen-bond acceptors (Lipinski definition) is 4. The Morgan fingerprint density at radius 2 is 1.92 bits per heavy atom. The first-order chi connectivity index (χ1) is 17.6. The van der Waals surface area contributed by atoms with Gasteiger partial charge in [-0.3, -0.25) is 9.59 Å². The van der Waals surface area contributed by atoms with Crippen molar-refractivity contribution in [3.05, 3.63) is 63.2 Å². The van der Waals surface area contributed by atoms with Gasteiger partial charge < -0.3 is 20.2 Å². The first-order valence-corrected chi connectivity index (χ1v) is 14.1. The van der Waals surface area contributed by atoms with Crippen molar-refractivity contribution in [3.63, 3.8) is 0 Å². The molecule has 0 spiro atoms. The molecule has 0 saturated heterocycles. The number of nitrogens with zero attached hydrogens (tertiary/aromatic N) is 1. The number of amides is 1. The van der Waals surface area contributed by atoms with Crippen LogP contribution in [0.4, 0.5) is 8.78 Å². The number of rotatable bonds is 8. The lowest BCUT2D eigenvalue weighted by atomic mass is 9.74. The highest BCUT2D eigenvalue weighted by atomic mass is 32.2. The highest BCUT2D eigenvalue weighted by Crippen LogP contribution is 2.43. The van der Waals surface area contributed by atoms with Crippen molar-refractivity contribution in [2.45, 2.75) is 81.9 Å². The maximum atomic E-state index is 13.5. The summed E-state index contributed by atoms with van der Waals surface area (Å²) in [4.78, 5) is 29.7. The Bertz CT molecular complexity index is 1380. The molecule has 2 heterocycles. The highest BCUT2D eigenvalue weighted by molar-refractivity contribution is 7.98. The Morgan fingerprint density at radius 1 is 1.22 bits per heavy atom. The summed E-state index contributed by atoms with van der Waals surface area (Å²) in [5.41, 5.74) is 3.68. The molecular formula is C28H34F2N4O2S. The minimum absolute atomic E-state index is 0.0591. The van der Waals surface area contributed by atoms with Crippen LogP contribution in [0.1, 0.15) is 66.0 Å². The zero-order valence-electron chi connectivity index (χ0n) is 21.7. The Kier molecular flexibility index (Phi) is 6.96. The van der Waals surface area contributed by atoms with Crippen LogP contribution in [0.5, 0.6) is 0 Å².